The van der Waals surface area contributed by atoms with E-state index >= 15 is 0 Å². The van der Waals surface area contributed by atoms with Crippen molar-refractivity contribution in [2.75, 3.05) is 11.9 Å². The number of fused-ring (bicyclic) bond motifs is 3. The van der Waals surface area contributed by atoms with Crippen molar-refractivity contribution in [3.63, 3.8) is 0 Å². The van der Waals surface area contributed by atoms with Gasteiger partial charge in [-0.05, 0) is 46.8 Å². The van der Waals surface area contributed by atoms with Crippen LogP contribution in [0.1, 0.15) is 0 Å². The minimum absolute atomic E-state index is 0.0728. The molecule has 0 saturated heterocycles. The molecule has 28 heavy (non-hydrogen) atoms. The number of anilines is 2. The molecule has 1 heterocycles. The zero-order valence-corrected chi connectivity index (χ0v) is 15.7. The quantitative estimate of drug-likeness (QED) is 0.494. The summed E-state index contributed by atoms with van der Waals surface area (Å²) >= 11 is 0. The number of hydrogen-bond donors (Lipinski definition) is 0. The average Bonchev–Trinajstić information content (AvgIpc) is 2.78. The number of rotatable bonds is 3. The highest BCUT2D eigenvalue weighted by molar-refractivity contribution is 6.90. The summed E-state index contributed by atoms with van der Waals surface area (Å²) in [5.41, 5.74) is 7.47. The number of nitrogens with zero attached hydrogens (tertiary/aromatic N) is 1. The van der Waals surface area contributed by atoms with Crippen LogP contribution in [0.15, 0.2) is 103 Å². The summed E-state index contributed by atoms with van der Waals surface area (Å²) in [5.74, 6) is 0.877. The molecule has 1 aliphatic heterocycles. The van der Waals surface area contributed by atoms with Crippen molar-refractivity contribution in [1.82, 2.24) is 0 Å². The van der Waals surface area contributed by atoms with Crippen LogP contribution in [-0.4, -0.2) is 14.0 Å². The number of para-hydroxylation sites is 2. The van der Waals surface area contributed by atoms with Crippen molar-refractivity contribution in [2.24, 2.45) is 0 Å². The van der Waals surface area contributed by atoms with Gasteiger partial charge in [-0.3, -0.25) is 0 Å². The van der Waals surface area contributed by atoms with Crippen molar-refractivity contribution in [1.29, 1.82) is 0 Å². The van der Waals surface area contributed by atoms with E-state index in [2.05, 4.69) is 102 Å². The predicted octanol–water partition coefficient (Wildman–Crippen LogP) is 4.62. The van der Waals surface area contributed by atoms with Gasteiger partial charge in [0.1, 0.15) is 5.75 Å². The first kappa shape index (κ1) is 16.7. The fourth-order valence-corrected chi connectivity index (χ4v) is 4.19. The Hall–Kier alpha value is -3.46. The van der Waals surface area contributed by atoms with Crippen LogP contribution in [0.5, 0.6) is 5.75 Å². The average molecular weight is 361 g/mol. The summed E-state index contributed by atoms with van der Waals surface area (Å²) in [6.07, 6.45) is 0. The van der Waals surface area contributed by atoms with Crippen molar-refractivity contribution >= 4 is 29.1 Å². The first-order valence-electron chi connectivity index (χ1n) is 9.53. The van der Waals surface area contributed by atoms with Crippen LogP contribution in [0, 0.1) is 0 Å². The Bertz CT molecular complexity index is 1130. The van der Waals surface area contributed by atoms with Crippen LogP contribution in [0.4, 0.5) is 11.4 Å². The molecule has 134 valence electrons. The van der Waals surface area contributed by atoms with E-state index in [1.807, 2.05) is 6.07 Å². The second-order valence-electron chi connectivity index (χ2n) is 6.99. The monoisotopic (exact) mass is 361 g/mol. The lowest BCUT2D eigenvalue weighted by atomic mass is 9.45. The minimum Gasteiger partial charge on any atom is -0.497 e. The third-order valence-electron chi connectivity index (χ3n) is 5.41. The molecule has 0 aliphatic carbocycles. The highest BCUT2D eigenvalue weighted by atomic mass is 16.5. The molecule has 0 aromatic heterocycles. The van der Waals surface area contributed by atoms with E-state index in [0.29, 0.717) is 0 Å². The molecular weight excluding hydrogens is 341 g/mol. The molecule has 0 unspecified atom stereocenters. The lowest BCUT2D eigenvalue weighted by Crippen LogP contribution is -2.57. The van der Waals surface area contributed by atoms with Crippen LogP contribution in [0.2, 0.25) is 0 Å². The molecule has 2 nitrogen and oxygen atoms in total. The van der Waals surface area contributed by atoms with E-state index in [9.17, 15) is 0 Å². The molecule has 0 atom stereocenters. The summed E-state index contributed by atoms with van der Waals surface area (Å²) in [6, 6.07) is 36.4. The Kier molecular flexibility index (Phi) is 4.14. The molecule has 0 bridgehead atoms. The molecule has 0 N–H and O–H groups in total. The van der Waals surface area contributed by atoms with Gasteiger partial charge in [0.15, 0.2) is 0 Å². The van der Waals surface area contributed by atoms with E-state index in [4.69, 9.17) is 4.74 Å². The third kappa shape index (κ3) is 2.68. The summed E-state index contributed by atoms with van der Waals surface area (Å²) in [4.78, 5) is 2.44. The lowest BCUT2D eigenvalue weighted by molar-refractivity contribution is 0.415. The van der Waals surface area contributed by atoms with Crippen LogP contribution < -0.4 is 20.5 Å². The number of hydrogen-bond acceptors (Lipinski definition) is 2. The maximum absolute atomic E-state index is 5.53. The fourth-order valence-electron chi connectivity index (χ4n) is 4.19. The smallest absolute Gasteiger partial charge is 0.328 e. The van der Waals surface area contributed by atoms with Gasteiger partial charge in [0.2, 0.25) is 0 Å². The summed E-state index contributed by atoms with van der Waals surface area (Å²) in [5, 5.41) is 0. The van der Waals surface area contributed by atoms with Gasteiger partial charge in [-0.2, -0.15) is 0 Å². The zero-order chi connectivity index (χ0) is 18.9. The van der Waals surface area contributed by atoms with Gasteiger partial charge in [0.05, 0.1) is 7.11 Å². The molecule has 0 amide bonds. The van der Waals surface area contributed by atoms with E-state index in [1.54, 1.807) is 7.11 Å². The van der Waals surface area contributed by atoms with Crippen LogP contribution >= 0.6 is 0 Å². The zero-order valence-electron chi connectivity index (χ0n) is 15.7. The van der Waals surface area contributed by atoms with E-state index < -0.39 is 0 Å². The molecule has 0 saturated carbocycles. The maximum atomic E-state index is 5.53. The first-order valence-corrected chi connectivity index (χ1v) is 9.53. The highest BCUT2D eigenvalue weighted by Crippen LogP contribution is 2.39. The lowest BCUT2D eigenvalue weighted by Gasteiger charge is -2.38. The van der Waals surface area contributed by atoms with E-state index in [-0.39, 0.29) is 6.85 Å². The van der Waals surface area contributed by atoms with Crippen molar-refractivity contribution in [3.05, 3.63) is 103 Å². The Morgan fingerprint density at radius 1 is 0.679 bits per heavy atom. The van der Waals surface area contributed by atoms with Gasteiger partial charge in [0.25, 0.3) is 0 Å². The molecule has 0 radical (unpaired) electrons. The molecule has 3 heteroatoms. The Balaban J connectivity index is 1.81. The van der Waals surface area contributed by atoms with Gasteiger partial charge >= 0.3 is 6.85 Å². The SMILES string of the molecule is COc1cccc(B2c3ccccc3-c3ccccc3N2c2ccccc2)c1. The van der Waals surface area contributed by atoms with Gasteiger partial charge in [-0.1, -0.05) is 72.8 Å². The van der Waals surface area contributed by atoms with Gasteiger partial charge in [-0.25, -0.2) is 0 Å². The Morgan fingerprint density at radius 3 is 2.21 bits per heavy atom. The maximum Gasteiger partial charge on any atom is 0.328 e. The van der Waals surface area contributed by atoms with Crippen molar-refractivity contribution in [2.45, 2.75) is 0 Å². The summed E-state index contributed by atoms with van der Waals surface area (Å²) < 4.78 is 5.53. The van der Waals surface area contributed by atoms with E-state index in [0.717, 1.165) is 5.75 Å². The molecular formula is C25H20BNO. The van der Waals surface area contributed by atoms with E-state index in [1.165, 1.54) is 33.4 Å². The topological polar surface area (TPSA) is 12.5 Å². The largest absolute Gasteiger partial charge is 0.497 e. The highest BCUT2D eigenvalue weighted by Gasteiger charge is 2.36. The van der Waals surface area contributed by atoms with Crippen LogP contribution in [-0.2, 0) is 0 Å². The standard InChI is InChI=1S/C25H20BNO/c1-28-21-13-9-10-19(18-21)26-24-16-7-5-14-22(24)23-15-6-8-17-25(23)27(26)20-11-3-2-4-12-20/h2-18H,1H3. The predicted molar refractivity (Wildman–Crippen MR) is 118 cm³/mol. The second-order valence-corrected chi connectivity index (χ2v) is 6.99. The molecule has 1 aliphatic rings. The van der Waals surface area contributed by atoms with Crippen molar-refractivity contribution < 1.29 is 4.74 Å². The summed E-state index contributed by atoms with van der Waals surface area (Å²) in [6.45, 7) is 0.0728. The third-order valence-corrected chi connectivity index (χ3v) is 5.41. The van der Waals surface area contributed by atoms with Crippen molar-refractivity contribution in [3.8, 4) is 16.9 Å². The molecule has 4 aromatic carbocycles. The van der Waals surface area contributed by atoms with Crippen LogP contribution in [0.25, 0.3) is 11.1 Å². The number of ether oxygens (including phenoxy) is 1. The fraction of sp³-hybridized carbons (Fsp3) is 0.0400. The van der Waals surface area contributed by atoms with Gasteiger partial charge in [0, 0.05) is 16.9 Å². The van der Waals surface area contributed by atoms with Gasteiger partial charge < -0.3 is 9.55 Å². The second kappa shape index (κ2) is 6.93. The number of methoxy groups -OCH3 is 1. The molecule has 5 rings (SSSR count). The Labute approximate surface area is 166 Å². The molecule has 0 spiro atoms. The minimum atomic E-state index is 0.0728. The first-order chi connectivity index (χ1) is 13.9. The number of benzene rings is 4. The molecule has 4 aromatic rings. The molecule has 0 fully saturated rings. The normalized spacial score (nSPS) is 12.3. The summed E-state index contributed by atoms with van der Waals surface area (Å²) in [7, 11) is 1.72. The Morgan fingerprint density at radius 2 is 1.39 bits per heavy atom. The van der Waals surface area contributed by atoms with Crippen LogP contribution in [0.3, 0.4) is 0 Å². The van der Waals surface area contributed by atoms with Gasteiger partial charge in [-0.15, -0.1) is 0 Å².